The fourth-order valence-electron chi connectivity index (χ4n) is 3.90. The lowest BCUT2D eigenvalue weighted by Crippen LogP contribution is -2.35. The minimum absolute atomic E-state index is 0.0182. The van der Waals surface area contributed by atoms with Crippen LogP contribution in [0, 0.1) is 0 Å². The summed E-state index contributed by atoms with van der Waals surface area (Å²) in [5.41, 5.74) is 1.30. The Hall–Kier alpha value is -4.18. The first-order chi connectivity index (χ1) is 17.5. The molecule has 0 radical (unpaired) electrons. The highest BCUT2D eigenvalue weighted by molar-refractivity contribution is 6.06. The predicted molar refractivity (Wildman–Crippen MR) is 129 cm³/mol. The first kappa shape index (κ1) is 24.9. The minimum atomic E-state index is -0.730. The van der Waals surface area contributed by atoms with Gasteiger partial charge < -0.3 is 24.3 Å². The van der Waals surface area contributed by atoms with E-state index in [0.29, 0.717) is 23.5 Å². The van der Waals surface area contributed by atoms with Gasteiger partial charge in [-0.25, -0.2) is 14.3 Å². The number of aromatic nitrogens is 2. The smallest absolute Gasteiger partial charge is 0.357 e. The molecule has 1 amide bonds. The highest BCUT2D eigenvalue weighted by Gasteiger charge is 2.31. The monoisotopic (exact) mass is 493 g/mol. The first-order valence-electron chi connectivity index (χ1n) is 11.5. The van der Waals surface area contributed by atoms with E-state index in [1.54, 1.807) is 48.5 Å². The molecule has 4 rings (SSSR count). The SMILES string of the molecule is COC(=O)c1c(-c2ccc(OCC(=O)NCC3CCCO3)cc2)nn(-c2ccccc2)c1C(=O)OC. The van der Waals surface area contributed by atoms with Gasteiger partial charge >= 0.3 is 11.9 Å². The van der Waals surface area contributed by atoms with E-state index in [1.165, 1.54) is 18.9 Å². The Morgan fingerprint density at radius 3 is 2.39 bits per heavy atom. The van der Waals surface area contributed by atoms with E-state index in [4.69, 9.17) is 18.9 Å². The lowest BCUT2D eigenvalue weighted by Gasteiger charge is -2.11. The molecule has 1 aromatic heterocycles. The lowest BCUT2D eigenvalue weighted by molar-refractivity contribution is -0.123. The number of ether oxygens (including phenoxy) is 4. The summed E-state index contributed by atoms with van der Waals surface area (Å²) in [6, 6.07) is 15.6. The van der Waals surface area contributed by atoms with Gasteiger partial charge in [-0.05, 0) is 49.2 Å². The van der Waals surface area contributed by atoms with Gasteiger partial charge in [0.1, 0.15) is 17.0 Å². The quantitative estimate of drug-likeness (QED) is 0.452. The maximum atomic E-state index is 12.7. The highest BCUT2D eigenvalue weighted by Crippen LogP contribution is 2.30. The molecule has 188 valence electrons. The van der Waals surface area contributed by atoms with Gasteiger partial charge in [-0.3, -0.25) is 4.79 Å². The van der Waals surface area contributed by atoms with Gasteiger partial charge in [0.2, 0.25) is 0 Å². The molecule has 1 fully saturated rings. The third kappa shape index (κ3) is 5.55. The van der Waals surface area contributed by atoms with Crippen LogP contribution in [0.4, 0.5) is 0 Å². The van der Waals surface area contributed by atoms with Crippen molar-refractivity contribution in [1.82, 2.24) is 15.1 Å². The fourth-order valence-corrected chi connectivity index (χ4v) is 3.90. The van der Waals surface area contributed by atoms with E-state index in [0.717, 1.165) is 19.4 Å². The Labute approximate surface area is 208 Å². The maximum Gasteiger partial charge on any atom is 0.357 e. The van der Waals surface area contributed by atoms with E-state index in [1.807, 2.05) is 6.07 Å². The number of carbonyl (C=O) groups excluding carboxylic acids is 3. The molecular formula is C26H27N3O7. The van der Waals surface area contributed by atoms with Crippen molar-refractivity contribution in [3.63, 3.8) is 0 Å². The molecule has 0 aliphatic carbocycles. The zero-order chi connectivity index (χ0) is 25.5. The normalized spacial score (nSPS) is 14.8. The summed E-state index contributed by atoms with van der Waals surface area (Å²) in [7, 11) is 2.46. The average Bonchev–Trinajstić information content (AvgIpc) is 3.59. The summed E-state index contributed by atoms with van der Waals surface area (Å²) in [6.07, 6.45) is 2.00. The van der Waals surface area contributed by atoms with Gasteiger partial charge in [-0.15, -0.1) is 0 Å². The molecule has 2 heterocycles. The molecule has 1 atom stereocenters. The molecule has 0 saturated carbocycles. The second-order valence-corrected chi connectivity index (χ2v) is 8.05. The van der Waals surface area contributed by atoms with E-state index < -0.39 is 11.9 Å². The van der Waals surface area contributed by atoms with Gasteiger partial charge in [-0.2, -0.15) is 5.10 Å². The Kier molecular flexibility index (Phi) is 7.96. The van der Waals surface area contributed by atoms with Crippen molar-refractivity contribution >= 4 is 17.8 Å². The molecule has 3 aromatic rings. The molecule has 1 saturated heterocycles. The number of hydrogen-bond acceptors (Lipinski definition) is 8. The molecule has 10 nitrogen and oxygen atoms in total. The molecule has 1 unspecified atom stereocenters. The van der Waals surface area contributed by atoms with Crippen molar-refractivity contribution in [3.8, 4) is 22.7 Å². The van der Waals surface area contributed by atoms with Gasteiger partial charge in [0.25, 0.3) is 5.91 Å². The van der Waals surface area contributed by atoms with Crippen LogP contribution >= 0.6 is 0 Å². The molecule has 10 heteroatoms. The number of hydrogen-bond donors (Lipinski definition) is 1. The van der Waals surface area contributed by atoms with E-state index >= 15 is 0 Å². The number of amides is 1. The molecule has 36 heavy (non-hydrogen) atoms. The zero-order valence-electron chi connectivity index (χ0n) is 20.1. The van der Waals surface area contributed by atoms with Crippen molar-refractivity contribution in [2.45, 2.75) is 18.9 Å². The number of benzene rings is 2. The van der Waals surface area contributed by atoms with E-state index in [9.17, 15) is 14.4 Å². The molecular weight excluding hydrogens is 466 g/mol. The van der Waals surface area contributed by atoms with Crippen LogP contribution in [-0.2, 0) is 19.0 Å². The average molecular weight is 494 g/mol. The number of nitrogens with one attached hydrogen (secondary N) is 1. The van der Waals surface area contributed by atoms with Gasteiger partial charge in [0.05, 0.1) is 26.0 Å². The van der Waals surface area contributed by atoms with Crippen molar-refractivity contribution in [2.75, 3.05) is 34.0 Å². The van der Waals surface area contributed by atoms with Crippen LogP contribution in [0.25, 0.3) is 16.9 Å². The van der Waals surface area contributed by atoms with E-state index in [-0.39, 0.29) is 35.6 Å². The Morgan fingerprint density at radius 2 is 1.75 bits per heavy atom. The summed E-state index contributed by atoms with van der Waals surface area (Å²) >= 11 is 0. The number of carbonyl (C=O) groups is 3. The van der Waals surface area contributed by atoms with Gasteiger partial charge in [0, 0.05) is 18.7 Å². The van der Waals surface area contributed by atoms with Crippen molar-refractivity contribution in [3.05, 3.63) is 65.9 Å². The minimum Gasteiger partial charge on any atom is -0.484 e. The number of para-hydroxylation sites is 1. The Bertz CT molecular complexity index is 1220. The fraction of sp³-hybridized carbons (Fsp3) is 0.308. The number of esters is 2. The van der Waals surface area contributed by atoms with Crippen LogP contribution < -0.4 is 10.1 Å². The third-order valence-corrected chi connectivity index (χ3v) is 5.70. The van der Waals surface area contributed by atoms with Crippen molar-refractivity contribution < 1.29 is 33.3 Å². The highest BCUT2D eigenvalue weighted by atomic mass is 16.5. The lowest BCUT2D eigenvalue weighted by atomic mass is 10.1. The zero-order valence-corrected chi connectivity index (χ0v) is 20.1. The summed E-state index contributed by atoms with van der Waals surface area (Å²) < 4.78 is 22.3. The first-order valence-corrected chi connectivity index (χ1v) is 11.5. The Balaban J connectivity index is 1.56. The van der Waals surface area contributed by atoms with Crippen LogP contribution in [0.15, 0.2) is 54.6 Å². The van der Waals surface area contributed by atoms with Crippen LogP contribution in [0.1, 0.15) is 33.7 Å². The third-order valence-electron chi connectivity index (χ3n) is 5.70. The van der Waals surface area contributed by atoms with Crippen molar-refractivity contribution in [1.29, 1.82) is 0 Å². The van der Waals surface area contributed by atoms with Gasteiger partial charge in [0.15, 0.2) is 12.3 Å². The summed E-state index contributed by atoms with van der Waals surface area (Å²) in [4.78, 5) is 37.5. The molecule has 0 spiro atoms. The van der Waals surface area contributed by atoms with Gasteiger partial charge in [-0.1, -0.05) is 18.2 Å². The second kappa shape index (κ2) is 11.5. The molecule has 0 bridgehead atoms. The molecule has 1 N–H and O–H groups in total. The molecule has 1 aliphatic rings. The maximum absolute atomic E-state index is 12.7. The number of nitrogens with zero attached hydrogens (tertiary/aromatic N) is 2. The summed E-state index contributed by atoms with van der Waals surface area (Å²) in [5, 5.41) is 7.36. The summed E-state index contributed by atoms with van der Waals surface area (Å²) in [5.74, 6) is -1.24. The predicted octanol–water partition coefficient (Wildman–Crippen LogP) is 2.79. The van der Waals surface area contributed by atoms with Crippen LogP contribution in [-0.4, -0.2) is 67.7 Å². The molecule has 1 aliphatic heterocycles. The van der Waals surface area contributed by atoms with Crippen molar-refractivity contribution in [2.24, 2.45) is 0 Å². The van der Waals surface area contributed by atoms with Crippen LogP contribution in [0.5, 0.6) is 5.75 Å². The standard InChI is InChI=1S/C26H27N3O7/c1-33-25(31)22-23(28-29(24(22)26(32)34-2)18-7-4-3-5-8-18)17-10-12-19(13-11-17)36-16-21(30)27-15-20-9-6-14-35-20/h3-5,7-8,10-13,20H,6,9,14-16H2,1-2H3,(H,27,30). The van der Waals surface area contributed by atoms with Crippen LogP contribution in [0.2, 0.25) is 0 Å². The second-order valence-electron chi connectivity index (χ2n) is 8.05. The van der Waals surface area contributed by atoms with E-state index in [2.05, 4.69) is 10.4 Å². The topological polar surface area (TPSA) is 118 Å². The van der Waals surface area contributed by atoms with Crippen LogP contribution in [0.3, 0.4) is 0 Å². The number of methoxy groups -OCH3 is 2. The molecule has 2 aromatic carbocycles. The number of rotatable bonds is 9. The Morgan fingerprint density at radius 1 is 1.03 bits per heavy atom. The largest absolute Gasteiger partial charge is 0.484 e. The summed E-state index contributed by atoms with van der Waals surface area (Å²) in [6.45, 7) is 1.05.